The molecule has 3 aliphatic rings. The second-order valence-corrected chi connectivity index (χ2v) is 11.6. The van der Waals surface area contributed by atoms with Crippen molar-refractivity contribution in [2.24, 2.45) is 0 Å². The molecule has 1 aliphatic carbocycles. The Balaban J connectivity index is 0.984. The molecule has 0 radical (unpaired) electrons. The molecule has 1 amide bonds. The number of aromatic nitrogens is 4. The highest BCUT2D eigenvalue weighted by molar-refractivity contribution is 5.84. The van der Waals surface area contributed by atoms with E-state index in [1.165, 1.54) is 11.1 Å². The molecule has 0 saturated heterocycles. The van der Waals surface area contributed by atoms with Crippen molar-refractivity contribution in [2.75, 3.05) is 27.3 Å². The molecule has 224 valence electrons. The van der Waals surface area contributed by atoms with Crippen LogP contribution in [-0.2, 0) is 36.3 Å². The number of carbonyl (C=O) groups excluding carboxylic acids is 1. The van der Waals surface area contributed by atoms with Gasteiger partial charge in [-0.2, -0.15) is 0 Å². The van der Waals surface area contributed by atoms with E-state index in [0.717, 1.165) is 58.9 Å². The first-order valence-electron chi connectivity index (χ1n) is 14.7. The van der Waals surface area contributed by atoms with Crippen LogP contribution in [0.15, 0.2) is 54.9 Å². The fraction of sp³-hybridized carbons (Fsp3) is 0.406. The number of ether oxygens (including phenoxy) is 3. The monoisotopic (exact) mass is 584 g/mol. The highest BCUT2D eigenvalue weighted by Crippen LogP contribution is 2.55. The molecule has 1 spiro atoms. The lowest BCUT2D eigenvalue weighted by Gasteiger charge is -2.35. The first-order valence-corrected chi connectivity index (χ1v) is 14.7. The summed E-state index contributed by atoms with van der Waals surface area (Å²) in [4.78, 5) is 18.3. The van der Waals surface area contributed by atoms with Gasteiger partial charge in [0.25, 0.3) is 0 Å². The molecule has 0 fully saturated rings. The molecule has 0 bridgehead atoms. The van der Waals surface area contributed by atoms with E-state index in [1.807, 2.05) is 42.7 Å². The second-order valence-electron chi connectivity index (χ2n) is 11.6. The molecule has 43 heavy (non-hydrogen) atoms. The maximum Gasteiger partial charge on any atom is 0.241 e. The van der Waals surface area contributed by atoms with Crippen LogP contribution in [0.1, 0.15) is 35.2 Å². The number of fused-ring (bicyclic) bond motifs is 1. The van der Waals surface area contributed by atoms with Crippen molar-refractivity contribution in [3.05, 3.63) is 77.3 Å². The van der Waals surface area contributed by atoms with E-state index >= 15 is 0 Å². The lowest BCUT2D eigenvalue weighted by atomic mass is 9.69. The van der Waals surface area contributed by atoms with Crippen molar-refractivity contribution in [1.82, 2.24) is 30.2 Å². The summed E-state index contributed by atoms with van der Waals surface area (Å²) in [7, 11) is 3.32. The third-order valence-electron chi connectivity index (χ3n) is 9.00. The first kappa shape index (κ1) is 27.5. The van der Waals surface area contributed by atoms with Gasteiger partial charge in [0.2, 0.25) is 5.91 Å². The normalized spacial score (nSPS) is 22.5. The average Bonchev–Trinajstić information content (AvgIpc) is 3.68. The lowest BCUT2D eigenvalue weighted by molar-refractivity contribution is -0.121. The zero-order valence-corrected chi connectivity index (χ0v) is 24.4. The summed E-state index contributed by atoms with van der Waals surface area (Å²) in [6, 6.07) is 10.0. The van der Waals surface area contributed by atoms with Gasteiger partial charge in [-0.05, 0) is 48.2 Å². The molecule has 3 N–H and O–H groups in total. The standard InChI is InChI=1S/C32H36N6O5/c1-41-24-4-5-26-25(14-24)20(15-34-26)8-11-33-29(40)19-38-18-22(35-36-38)17-37-12-10-32-9-7-23(39)13-28(32)43-31-27(42-2)6-3-21(16-37)30(31)32/h3-7,9,14-15,18,23,28,34,39H,8,10-13,16-17,19H2,1-2H3,(H,33,40)/t23-,28-,32-/m0/s1. The second kappa shape index (κ2) is 11.1. The van der Waals surface area contributed by atoms with Crippen molar-refractivity contribution in [3.63, 3.8) is 0 Å². The van der Waals surface area contributed by atoms with Gasteiger partial charge in [0.15, 0.2) is 11.5 Å². The van der Waals surface area contributed by atoms with Crippen LogP contribution in [-0.4, -0.2) is 75.4 Å². The van der Waals surface area contributed by atoms with Crippen molar-refractivity contribution in [2.45, 2.75) is 56.5 Å². The molecule has 3 atom stereocenters. The minimum atomic E-state index is -0.511. The average molecular weight is 585 g/mol. The molecular weight excluding hydrogens is 548 g/mol. The number of nitrogens with zero attached hydrogens (tertiary/aromatic N) is 4. The predicted octanol–water partition coefficient (Wildman–Crippen LogP) is 2.86. The Kier molecular flexibility index (Phi) is 7.06. The summed E-state index contributed by atoms with van der Waals surface area (Å²) in [5.41, 5.74) is 5.06. The van der Waals surface area contributed by atoms with Gasteiger partial charge in [-0.3, -0.25) is 9.69 Å². The number of nitrogens with one attached hydrogen (secondary N) is 2. The molecule has 0 unspecified atom stereocenters. The number of hydrogen-bond acceptors (Lipinski definition) is 8. The third kappa shape index (κ3) is 5.02. The fourth-order valence-corrected chi connectivity index (χ4v) is 6.88. The van der Waals surface area contributed by atoms with Crippen LogP contribution in [0.25, 0.3) is 10.9 Å². The van der Waals surface area contributed by atoms with Crippen LogP contribution in [0.5, 0.6) is 17.2 Å². The molecule has 0 saturated carbocycles. The van der Waals surface area contributed by atoms with Crippen LogP contribution >= 0.6 is 0 Å². The number of rotatable bonds is 9. The number of aliphatic hydroxyl groups excluding tert-OH is 1. The summed E-state index contributed by atoms with van der Waals surface area (Å²) >= 11 is 0. The maximum atomic E-state index is 12.7. The summed E-state index contributed by atoms with van der Waals surface area (Å²) in [5, 5.41) is 23.0. The highest BCUT2D eigenvalue weighted by atomic mass is 16.5. The molecule has 4 heterocycles. The van der Waals surface area contributed by atoms with Gasteiger partial charge in [-0.1, -0.05) is 23.4 Å². The highest BCUT2D eigenvalue weighted by Gasteiger charge is 2.52. The van der Waals surface area contributed by atoms with Crippen molar-refractivity contribution >= 4 is 16.8 Å². The summed E-state index contributed by atoms with van der Waals surface area (Å²) in [6.07, 6.45) is 9.35. The maximum absolute atomic E-state index is 12.7. The van der Waals surface area contributed by atoms with Gasteiger partial charge in [-0.15, -0.1) is 5.10 Å². The van der Waals surface area contributed by atoms with Crippen molar-refractivity contribution < 1.29 is 24.1 Å². The van der Waals surface area contributed by atoms with Crippen LogP contribution in [0, 0.1) is 0 Å². The number of aromatic amines is 1. The van der Waals surface area contributed by atoms with Gasteiger partial charge in [0, 0.05) is 55.3 Å². The van der Waals surface area contributed by atoms with Crippen LogP contribution in [0.2, 0.25) is 0 Å². The molecule has 11 nitrogen and oxygen atoms in total. The van der Waals surface area contributed by atoms with Crippen LogP contribution < -0.4 is 19.5 Å². The number of carbonyl (C=O) groups is 1. The predicted molar refractivity (Wildman–Crippen MR) is 159 cm³/mol. The first-order chi connectivity index (χ1) is 21.0. The summed E-state index contributed by atoms with van der Waals surface area (Å²) in [5.74, 6) is 2.22. The SMILES string of the molecule is COc1ccc2[nH]cc(CCNC(=O)Cn3cc(CN4CC[C@@]56C=C[C@H](O)C[C@@H]5Oc5c(OC)ccc(c56)C4)nn3)c2c1. The largest absolute Gasteiger partial charge is 0.497 e. The van der Waals surface area contributed by atoms with E-state index in [2.05, 4.69) is 37.7 Å². The molecule has 7 rings (SSSR count). The van der Waals surface area contributed by atoms with Crippen LogP contribution in [0.4, 0.5) is 0 Å². The number of hydrogen-bond donors (Lipinski definition) is 3. The molecular formula is C32H36N6O5. The van der Waals surface area contributed by atoms with Crippen molar-refractivity contribution in [1.29, 1.82) is 0 Å². The van der Waals surface area contributed by atoms with E-state index in [9.17, 15) is 9.90 Å². The van der Waals surface area contributed by atoms with E-state index in [-0.39, 0.29) is 24.0 Å². The molecule has 2 aliphatic heterocycles. The number of methoxy groups -OCH3 is 2. The van der Waals surface area contributed by atoms with Gasteiger partial charge in [-0.25, -0.2) is 4.68 Å². The Bertz CT molecular complexity index is 1690. The van der Waals surface area contributed by atoms with Gasteiger partial charge in [0.1, 0.15) is 18.4 Å². The third-order valence-corrected chi connectivity index (χ3v) is 9.00. The van der Waals surface area contributed by atoms with Gasteiger partial charge < -0.3 is 29.6 Å². The van der Waals surface area contributed by atoms with Crippen LogP contribution in [0.3, 0.4) is 0 Å². The Morgan fingerprint density at radius 2 is 2.16 bits per heavy atom. The van der Waals surface area contributed by atoms with Gasteiger partial charge >= 0.3 is 0 Å². The summed E-state index contributed by atoms with van der Waals surface area (Å²) < 4.78 is 19.0. The Morgan fingerprint density at radius 1 is 1.26 bits per heavy atom. The van der Waals surface area contributed by atoms with Crippen molar-refractivity contribution in [3.8, 4) is 17.2 Å². The zero-order chi connectivity index (χ0) is 29.6. The van der Waals surface area contributed by atoms with E-state index in [4.69, 9.17) is 14.2 Å². The molecule has 2 aromatic heterocycles. The minimum absolute atomic E-state index is 0.107. The number of amides is 1. The fourth-order valence-electron chi connectivity index (χ4n) is 6.88. The van der Waals surface area contributed by atoms with Gasteiger partial charge in [0.05, 0.1) is 37.6 Å². The van der Waals surface area contributed by atoms with E-state index in [0.29, 0.717) is 25.9 Å². The number of H-pyrrole nitrogens is 1. The Labute approximate surface area is 249 Å². The van der Waals surface area contributed by atoms with E-state index < -0.39 is 6.10 Å². The quantitative estimate of drug-likeness (QED) is 0.257. The zero-order valence-electron chi connectivity index (χ0n) is 24.4. The topological polar surface area (TPSA) is 127 Å². The number of aliphatic hydroxyl groups is 1. The summed E-state index contributed by atoms with van der Waals surface area (Å²) in [6.45, 7) is 2.79. The minimum Gasteiger partial charge on any atom is -0.497 e. The molecule has 11 heteroatoms. The Hall–Kier alpha value is -4.35. The Morgan fingerprint density at radius 3 is 3.02 bits per heavy atom. The smallest absolute Gasteiger partial charge is 0.241 e. The lowest BCUT2D eigenvalue weighted by Crippen LogP contribution is -2.43. The van der Waals surface area contributed by atoms with E-state index in [1.54, 1.807) is 18.9 Å². The number of benzene rings is 2. The molecule has 2 aromatic carbocycles. The molecule has 4 aromatic rings.